The molecule has 1 fully saturated rings. The number of rotatable bonds is 4. The van der Waals surface area contributed by atoms with Gasteiger partial charge in [-0.25, -0.2) is 18.1 Å². The van der Waals surface area contributed by atoms with Gasteiger partial charge in [-0.2, -0.15) is 0 Å². The molecule has 2 rings (SSSR count). The number of hydrogen-bond acceptors (Lipinski definition) is 5. The van der Waals surface area contributed by atoms with Crippen molar-refractivity contribution < 1.29 is 13.2 Å². The third kappa shape index (κ3) is 3.50. The third-order valence-electron chi connectivity index (χ3n) is 2.99. The summed E-state index contributed by atoms with van der Waals surface area (Å²) in [6, 6.07) is 0. The standard InChI is InChI=1S/C11H18N2O3S2/c1-8-5-11(3-4-16-8)18(14,15)13-7-10-6-12-9(2)17-10/h6,8,11,13H,3-5,7H2,1-2H3. The molecule has 7 heteroatoms. The molecule has 102 valence electrons. The molecule has 1 aromatic heterocycles. The Hall–Kier alpha value is -0.500. The Morgan fingerprint density at radius 3 is 3.00 bits per heavy atom. The summed E-state index contributed by atoms with van der Waals surface area (Å²) in [5.41, 5.74) is 0. The Morgan fingerprint density at radius 2 is 2.39 bits per heavy atom. The van der Waals surface area contributed by atoms with Gasteiger partial charge in [0.2, 0.25) is 10.0 Å². The van der Waals surface area contributed by atoms with Crippen LogP contribution in [0.1, 0.15) is 29.7 Å². The van der Waals surface area contributed by atoms with Crippen LogP contribution in [0.15, 0.2) is 6.20 Å². The van der Waals surface area contributed by atoms with Gasteiger partial charge in [0.15, 0.2) is 0 Å². The zero-order valence-corrected chi connectivity index (χ0v) is 12.2. The number of sulfonamides is 1. The molecule has 0 saturated carbocycles. The van der Waals surface area contributed by atoms with Crippen LogP contribution in [0.2, 0.25) is 0 Å². The van der Waals surface area contributed by atoms with Crippen LogP contribution < -0.4 is 4.72 Å². The van der Waals surface area contributed by atoms with E-state index in [1.165, 1.54) is 11.3 Å². The largest absolute Gasteiger partial charge is 0.378 e. The molecule has 1 aliphatic heterocycles. The van der Waals surface area contributed by atoms with Crippen LogP contribution in [0.3, 0.4) is 0 Å². The minimum absolute atomic E-state index is 0.0194. The molecule has 0 aromatic carbocycles. The van der Waals surface area contributed by atoms with E-state index in [9.17, 15) is 8.42 Å². The van der Waals surface area contributed by atoms with Gasteiger partial charge in [-0.1, -0.05) is 0 Å². The van der Waals surface area contributed by atoms with Crippen LogP contribution in [0, 0.1) is 6.92 Å². The first kappa shape index (κ1) is 13.9. The number of ether oxygens (including phenoxy) is 1. The monoisotopic (exact) mass is 290 g/mol. The summed E-state index contributed by atoms with van der Waals surface area (Å²) < 4.78 is 32.3. The maximum atomic E-state index is 12.1. The van der Waals surface area contributed by atoms with Crippen molar-refractivity contribution in [3.05, 3.63) is 16.1 Å². The second-order valence-corrected chi connectivity index (χ2v) is 7.90. The summed E-state index contributed by atoms with van der Waals surface area (Å²) >= 11 is 1.51. The zero-order chi connectivity index (χ0) is 13.2. The van der Waals surface area contributed by atoms with Crippen molar-refractivity contribution in [3.63, 3.8) is 0 Å². The summed E-state index contributed by atoms with van der Waals surface area (Å²) in [4.78, 5) is 5.05. The molecule has 1 saturated heterocycles. The lowest BCUT2D eigenvalue weighted by molar-refractivity contribution is 0.0299. The number of nitrogens with zero attached hydrogens (tertiary/aromatic N) is 1. The fraction of sp³-hybridized carbons (Fsp3) is 0.727. The summed E-state index contributed by atoms with van der Waals surface area (Å²) in [6.45, 7) is 4.67. The molecule has 1 aromatic rings. The maximum Gasteiger partial charge on any atom is 0.214 e. The lowest BCUT2D eigenvalue weighted by Crippen LogP contribution is -2.39. The molecule has 5 nitrogen and oxygen atoms in total. The maximum absolute atomic E-state index is 12.1. The molecule has 0 bridgehead atoms. The second kappa shape index (κ2) is 5.64. The van der Waals surface area contributed by atoms with E-state index in [0.717, 1.165) is 9.88 Å². The Morgan fingerprint density at radius 1 is 1.61 bits per heavy atom. The van der Waals surface area contributed by atoms with E-state index in [0.29, 0.717) is 26.0 Å². The highest BCUT2D eigenvalue weighted by Gasteiger charge is 2.30. The van der Waals surface area contributed by atoms with Gasteiger partial charge < -0.3 is 4.74 Å². The van der Waals surface area contributed by atoms with Crippen molar-refractivity contribution in [2.24, 2.45) is 0 Å². The third-order valence-corrected chi connectivity index (χ3v) is 5.76. The van der Waals surface area contributed by atoms with Crippen molar-refractivity contribution >= 4 is 21.4 Å². The van der Waals surface area contributed by atoms with Crippen LogP contribution >= 0.6 is 11.3 Å². The van der Waals surface area contributed by atoms with Crippen LogP contribution in [0.5, 0.6) is 0 Å². The Bertz CT molecular complexity index is 498. The quantitative estimate of drug-likeness (QED) is 0.911. The van der Waals surface area contributed by atoms with E-state index in [4.69, 9.17) is 4.74 Å². The van der Waals surface area contributed by atoms with Gasteiger partial charge in [0.05, 0.1) is 16.4 Å². The van der Waals surface area contributed by atoms with E-state index < -0.39 is 10.0 Å². The number of aryl methyl sites for hydroxylation is 1. The highest BCUT2D eigenvalue weighted by molar-refractivity contribution is 7.90. The van der Waals surface area contributed by atoms with Gasteiger partial charge in [-0.05, 0) is 26.7 Å². The number of hydrogen-bond donors (Lipinski definition) is 1. The smallest absolute Gasteiger partial charge is 0.214 e. The topological polar surface area (TPSA) is 68.3 Å². The molecule has 0 aliphatic carbocycles. The highest BCUT2D eigenvalue weighted by Crippen LogP contribution is 2.20. The first-order chi connectivity index (χ1) is 8.47. The molecule has 1 N–H and O–H groups in total. The van der Waals surface area contributed by atoms with Crippen molar-refractivity contribution in [2.45, 2.75) is 44.6 Å². The predicted molar refractivity (Wildman–Crippen MR) is 71.0 cm³/mol. The molecule has 2 heterocycles. The minimum atomic E-state index is -3.26. The van der Waals surface area contributed by atoms with Crippen LogP contribution in [-0.2, 0) is 21.3 Å². The normalized spacial score (nSPS) is 25.2. The number of thiazole rings is 1. The van der Waals surface area contributed by atoms with Crippen molar-refractivity contribution in [3.8, 4) is 0 Å². The minimum Gasteiger partial charge on any atom is -0.378 e. The van der Waals surface area contributed by atoms with Crippen molar-refractivity contribution in [1.29, 1.82) is 0 Å². The van der Waals surface area contributed by atoms with Gasteiger partial charge in [-0.3, -0.25) is 0 Å². The SMILES string of the molecule is Cc1ncc(CNS(=O)(=O)C2CCOC(C)C2)s1. The van der Waals surface area contributed by atoms with E-state index >= 15 is 0 Å². The van der Waals surface area contributed by atoms with E-state index in [1.807, 2.05) is 13.8 Å². The first-order valence-electron chi connectivity index (χ1n) is 5.99. The Labute approximate surface area is 112 Å². The van der Waals surface area contributed by atoms with Crippen molar-refractivity contribution in [2.75, 3.05) is 6.61 Å². The summed E-state index contributed by atoms with van der Waals surface area (Å²) in [5.74, 6) is 0. The van der Waals surface area contributed by atoms with Gasteiger partial charge in [0, 0.05) is 24.2 Å². The predicted octanol–water partition coefficient (Wildman–Crippen LogP) is 1.44. The van der Waals surface area contributed by atoms with Gasteiger partial charge in [0.1, 0.15) is 0 Å². The Balaban J connectivity index is 1.94. The number of aromatic nitrogens is 1. The molecule has 18 heavy (non-hydrogen) atoms. The lowest BCUT2D eigenvalue weighted by Gasteiger charge is -2.27. The second-order valence-electron chi connectivity index (χ2n) is 4.54. The average Bonchev–Trinajstić information content (AvgIpc) is 2.73. The van der Waals surface area contributed by atoms with Crippen LogP contribution in [0.25, 0.3) is 0 Å². The molecular weight excluding hydrogens is 272 g/mol. The average molecular weight is 290 g/mol. The van der Waals surface area contributed by atoms with Crippen LogP contribution in [-0.4, -0.2) is 31.4 Å². The summed E-state index contributed by atoms with van der Waals surface area (Å²) in [5, 5.41) is 0.610. The summed E-state index contributed by atoms with van der Waals surface area (Å²) in [7, 11) is -3.26. The zero-order valence-electron chi connectivity index (χ0n) is 10.5. The molecular formula is C11H18N2O3S2. The highest BCUT2D eigenvalue weighted by atomic mass is 32.2. The van der Waals surface area contributed by atoms with E-state index in [-0.39, 0.29) is 11.4 Å². The van der Waals surface area contributed by atoms with Crippen LogP contribution in [0.4, 0.5) is 0 Å². The van der Waals surface area contributed by atoms with Gasteiger partial charge >= 0.3 is 0 Å². The molecule has 0 radical (unpaired) electrons. The van der Waals surface area contributed by atoms with E-state index in [1.54, 1.807) is 6.20 Å². The summed E-state index contributed by atoms with van der Waals surface area (Å²) in [6.07, 6.45) is 2.87. The fourth-order valence-electron chi connectivity index (χ4n) is 2.02. The van der Waals surface area contributed by atoms with Gasteiger partial charge in [0.25, 0.3) is 0 Å². The van der Waals surface area contributed by atoms with Gasteiger partial charge in [-0.15, -0.1) is 11.3 Å². The van der Waals surface area contributed by atoms with Crippen molar-refractivity contribution in [1.82, 2.24) is 9.71 Å². The molecule has 2 atom stereocenters. The number of nitrogens with one attached hydrogen (secondary N) is 1. The molecule has 2 unspecified atom stereocenters. The fourth-order valence-corrected chi connectivity index (χ4v) is 4.36. The molecule has 1 aliphatic rings. The first-order valence-corrected chi connectivity index (χ1v) is 8.35. The molecule has 0 spiro atoms. The molecule has 0 amide bonds. The van der Waals surface area contributed by atoms with E-state index in [2.05, 4.69) is 9.71 Å². The lowest BCUT2D eigenvalue weighted by atomic mass is 10.1. The Kier molecular flexibility index (Phi) is 4.37.